The second-order valence-corrected chi connectivity index (χ2v) is 6.10. The number of methoxy groups -OCH3 is 1. The van der Waals surface area contributed by atoms with Crippen LogP contribution in [0.15, 0.2) is 29.5 Å². The average molecular weight is 410 g/mol. The van der Waals surface area contributed by atoms with E-state index in [1.807, 2.05) is 24.5 Å². The van der Waals surface area contributed by atoms with Crippen molar-refractivity contribution in [3.05, 3.63) is 35.9 Å². The summed E-state index contributed by atoms with van der Waals surface area (Å²) in [5, 5.41) is 14.4. The van der Waals surface area contributed by atoms with Crippen molar-refractivity contribution in [2.24, 2.45) is 4.99 Å². The topological polar surface area (TPSA) is 85.6 Å². The molecule has 2 rings (SSSR count). The molecule has 0 unspecified atom stereocenters. The first-order valence-electron chi connectivity index (χ1n) is 9.57. The van der Waals surface area contributed by atoms with Crippen molar-refractivity contribution in [3.8, 4) is 11.5 Å². The predicted octanol–water partition coefficient (Wildman–Crippen LogP) is 2.25. The molecule has 0 aliphatic heterocycles. The van der Waals surface area contributed by atoms with Gasteiger partial charge in [0.15, 0.2) is 17.5 Å². The second-order valence-electron chi connectivity index (χ2n) is 6.10. The van der Waals surface area contributed by atoms with Crippen LogP contribution >= 0.6 is 0 Å². The van der Waals surface area contributed by atoms with E-state index in [0.29, 0.717) is 25.5 Å². The van der Waals surface area contributed by atoms with E-state index >= 15 is 0 Å². The molecule has 160 valence electrons. The first-order chi connectivity index (χ1) is 14.1. The van der Waals surface area contributed by atoms with E-state index in [0.717, 1.165) is 30.9 Å². The molecule has 0 radical (unpaired) electrons. The number of benzene rings is 1. The number of halogens is 2. The van der Waals surface area contributed by atoms with Crippen LogP contribution < -0.4 is 20.1 Å². The van der Waals surface area contributed by atoms with E-state index in [9.17, 15) is 8.78 Å². The SMILES string of the molecule is CCNC(=NCCc1ccc(OC)c(OC(F)F)c1)NCCn1cnnc1CC. The molecule has 0 spiro atoms. The third kappa shape index (κ3) is 7.20. The van der Waals surface area contributed by atoms with Crippen molar-refractivity contribution in [2.75, 3.05) is 26.7 Å². The Bertz CT molecular complexity index is 782. The molecule has 0 fully saturated rings. The quantitative estimate of drug-likeness (QED) is 0.437. The lowest BCUT2D eigenvalue weighted by Gasteiger charge is -2.13. The van der Waals surface area contributed by atoms with Gasteiger partial charge >= 0.3 is 6.61 Å². The molecule has 0 saturated carbocycles. The summed E-state index contributed by atoms with van der Waals surface area (Å²) in [5.74, 6) is 1.92. The Morgan fingerprint density at radius 2 is 2.07 bits per heavy atom. The van der Waals surface area contributed by atoms with Gasteiger partial charge in [0.05, 0.1) is 7.11 Å². The average Bonchev–Trinajstić information content (AvgIpc) is 3.15. The number of aromatic nitrogens is 3. The highest BCUT2D eigenvalue weighted by molar-refractivity contribution is 5.79. The molecule has 29 heavy (non-hydrogen) atoms. The zero-order chi connectivity index (χ0) is 21.1. The summed E-state index contributed by atoms with van der Waals surface area (Å²) in [6.07, 6.45) is 3.12. The molecule has 0 bridgehead atoms. The highest BCUT2D eigenvalue weighted by Crippen LogP contribution is 2.29. The van der Waals surface area contributed by atoms with Crippen molar-refractivity contribution in [1.29, 1.82) is 0 Å². The first kappa shape index (κ1) is 22.4. The number of ether oxygens (including phenoxy) is 2. The number of aryl methyl sites for hydroxylation is 1. The standard InChI is InChI=1S/C19H28F2N6O2/c1-4-17-26-25-13-27(17)11-10-24-19(22-5-2)23-9-8-14-6-7-15(28-3)16(12-14)29-18(20)21/h6-7,12-13,18H,4-5,8-11H2,1-3H3,(H2,22,23,24). The van der Waals surface area contributed by atoms with E-state index in [4.69, 9.17) is 4.74 Å². The molecule has 1 aromatic carbocycles. The van der Waals surface area contributed by atoms with E-state index in [1.54, 1.807) is 18.5 Å². The largest absolute Gasteiger partial charge is 0.493 e. The highest BCUT2D eigenvalue weighted by Gasteiger charge is 2.11. The maximum absolute atomic E-state index is 12.6. The van der Waals surface area contributed by atoms with Crippen LogP contribution in [0.25, 0.3) is 0 Å². The van der Waals surface area contributed by atoms with Crippen molar-refractivity contribution >= 4 is 5.96 Å². The van der Waals surface area contributed by atoms with Crippen molar-refractivity contribution in [3.63, 3.8) is 0 Å². The monoisotopic (exact) mass is 410 g/mol. The predicted molar refractivity (Wildman–Crippen MR) is 107 cm³/mol. The molecular weight excluding hydrogens is 382 g/mol. The van der Waals surface area contributed by atoms with Gasteiger partial charge < -0.3 is 24.7 Å². The second kappa shape index (κ2) is 11.8. The maximum Gasteiger partial charge on any atom is 0.387 e. The van der Waals surface area contributed by atoms with Gasteiger partial charge in [-0.25, -0.2) is 0 Å². The van der Waals surface area contributed by atoms with Gasteiger partial charge in [-0.3, -0.25) is 4.99 Å². The fraction of sp³-hybridized carbons (Fsp3) is 0.526. The number of alkyl halides is 2. The molecule has 1 heterocycles. The number of hydrogen-bond donors (Lipinski definition) is 2. The number of hydrogen-bond acceptors (Lipinski definition) is 5. The molecule has 10 heteroatoms. The van der Waals surface area contributed by atoms with Gasteiger partial charge in [0.25, 0.3) is 0 Å². The molecule has 0 amide bonds. The van der Waals surface area contributed by atoms with Crippen LogP contribution in [0.3, 0.4) is 0 Å². The van der Waals surface area contributed by atoms with Gasteiger partial charge in [-0.15, -0.1) is 10.2 Å². The third-order valence-electron chi connectivity index (χ3n) is 4.12. The maximum atomic E-state index is 12.6. The van der Waals surface area contributed by atoms with E-state index in [-0.39, 0.29) is 11.5 Å². The number of guanidine groups is 1. The number of aliphatic imine (C=N–C) groups is 1. The summed E-state index contributed by atoms with van der Waals surface area (Å²) in [4.78, 5) is 4.54. The van der Waals surface area contributed by atoms with Gasteiger partial charge in [-0.2, -0.15) is 8.78 Å². The Kier molecular flexibility index (Phi) is 9.13. The Morgan fingerprint density at radius 3 is 2.76 bits per heavy atom. The summed E-state index contributed by atoms with van der Waals surface area (Å²) >= 11 is 0. The van der Waals surface area contributed by atoms with Gasteiger partial charge in [0.1, 0.15) is 12.2 Å². The normalized spacial score (nSPS) is 11.6. The molecular formula is C19H28F2N6O2. The van der Waals surface area contributed by atoms with Gasteiger partial charge in [-0.1, -0.05) is 13.0 Å². The van der Waals surface area contributed by atoms with Crippen LogP contribution in [0.1, 0.15) is 25.2 Å². The highest BCUT2D eigenvalue weighted by atomic mass is 19.3. The Labute approximate surface area is 169 Å². The first-order valence-corrected chi connectivity index (χ1v) is 9.57. The molecule has 0 aliphatic rings. The van der Waals surface area contributed by atoms with Crippen LogP contribution in [0.2, 0.25) is 0 Å². The van der Waals surface area contributed by atoms with Crippen molar-refractivity contribution in [2.45, 2.75) is 39.8 Å². The van der Waals surface area contributed by atoms with Crippen molar-refractivity contribution < 1.29 is 18.3 Å². The molecule has 2 aromatic rings. The van der Waals surface area contributed by atoms with Crippen LogP contribution in [0.5, 0.6) is 11.5 Å². The van der Waals surface area contributed by atoms with Crippen molar-refractivity contribution in [1.82, 2.24) is 25.4 Å². The van der Waals surface area contributed by atoms with E-state index < -0.39 is 6.61 Å². The minimum Gasteiger partial charge on any atom is -0.493 e. The lowest BCUT2D eigenvalue weighted by molar-refractivity contribution is -0.0512. The summed E-state index contributed by atoms with van der Waals surface area (Å²) in [5.41, 5.74) is 0.832. The van der Waals surface area contributed by atoms with Crippen LogP contribution in [0, 0.1) is 0 Å². The zero-order valence-electron chi connectivity index (χ0n) is 17.0. The number of nitrogens with zero attached hydrogens (tertiary/aromatic N) is 4. The molecule has 0 aliphatic carbocycles. The summed E-state index contributed by atoms with van der Waals surface area (Å²) in [6, 6.07) is 4.98. The van der Waals surface area contributed by atoms with Crippen LogP contribution in [-0.2, 0) is 19.4 Å². The third-order valence-corrected chi connectivity index (χ3v) is 4.12. The summed E-state index contributed by atoms with van der Waals surface area (Å²) in [7, 11) is 1.41. The van der Waals surface area contributed by atoms with E-state index in [2.05, 4.69) is 30.6 Å². The lowest BCUT2D eigenvalue weighted by atomic mass is 10.1. The van der Waals surface area contributed by atoms with E-state index in [1.165, 1.54) is 7.11 Å². The molecule has 0 atom stereocenters. The molecule has 2 N–H and O–H groups in total. The molecule has 1 aromatic heterocycles. The molecule has 0 saturated heterocycles. The minimum absolute atomic E-state index is 0.0229. The van der Waals surface area contributed by atoms with Gasteiger partial charge in [0.2, 0.25) is 0 Å². The number of nitrogens with one attached hydrogen (secondary N) is 2. The fourth-order valence-corrected chi connectivity index (χ4v) is 2.74. The fourth-order valence-electron chi connectivity index (χ4n) is 2.74. The van der Waals surface area contributed by atoms with Gasteiger partial charge in [-0.05, 0) is 31.0 Å². The zero-order valence-corrected chi connectivity index (χ0v) is 17.0. The summed E-state index contributed by atoms with van der Waals surface area (Å²) in [6.45, 7) is 3.75. The Hall–Kier alpha value is -2.91. The Balaban J connectivity index is 1.91. The van der Waals surface area contributed by atoms with Crippen LogP contribution in [-0.4, -0.2) is 54.1 Å². The number of rotatable bonds is 11. The summed E-state index contributed by atoms with van der Waals surface area (Å²) < 4.78 is 36.7. The minimum atomic E-state index is -2.90. The smallest absolute Gasteiger partial charge is 0.387 e. The Morgan fingerprint density at radius 1 is 1.24 bits per heavy atom. The lowest BCUT2D eigenvalue weighted by Crippen LogP contribution is -2.39. The van der Waals surface area contributed by atoms with Crippen LogP contribution in [0.4, 0.5) is 8.78 Å². The molecule has 8 nitrogen and oxygen atoms in total. The van der Waals surface area contributed by atoms with Gasteiger partial charge in [0, 0.05) is 32.6 Å².